The Balaban J connectivity index is 1.81. The molecular weight excluding hydrogens is 374 g/mol. The Morgan fingerprint density at radius 1 is 1.00 bits per heavy atom. The number of hydrogen-bond donors (Lipinski definition) is 1. The second-order valence-electron chi connectivity index (χ2n) is 7.42. The van der Waals surface area contributed by atoms with Gasteiger partial charge in [-0.3, -0.25) is 14.4 Å². The normalized spacial score (nSPS) is 11.0. The summed E-state index contributed by atoms with van der Waals surface area (Å²) in [5.41, 5.74) is 1.63. The molecule has 0 saturated carbocycles. The van der Waals surface area contributed by atoms with E-state index < -0.39 is 11.4 Å². The van der Waals surface area contributed by atoms with Crippen LogP contribution in [0.5, 0.6) is 0 Å². The van der Waals surface area contributed by atoms with Gasteiger partial charge in [-0.25, -0.2) is 0 Å². The number of carbonyl (C=O) groups is 3. The Hall–Kier alpha value is -2.60. The largest absolute Gasteiger partial charge is 0.457 e. The molecule has 0 atom stereocenters. The molecular formula is C22H25NO4S. The standard InChI is InChI=1S/C22H25NO4S/c1-15-7-5-6-8-19(15)28-14-20(25)27-13-18(24)16-9-11-17(12-10-16)23-21(26)22(2,3)4/h5-12H,13-14H2,1-4H3,(H,23,26). The van der Waals surface area contributed by atoms with E-state index in [0.29, 0.717) is 11.3 Å². The van der Waals surface area contributed by atoms with E-state index in [0.717, 1.165) is 10.5 Å². The zero-order valence-electron chi connectivity index (χ0n) is 16.6. The fraction of sp³-hybridized carbons (Fsp3) is 0.318. The molecule has 0 aliphatic rings. The smallest absolute Gasteiger partial charge is 0.316 e. The van der Waals surface area contributed by atoms with Crippen molar-refractivity contribution >= 4 is 35.1 Å². The Morgan fingerprint density at radius 2 is 1.64 bits per heavy atom. The number of ketones is 1. The first-order chi connectivity index (χ1) is 13.2. The number of esters is 1. The third-order valence-electron chi connectivity index (χ3n) is 3.95. The van der Waals surface area contributed by atoms with Crippen LogP contribution in [0.1, 0.15) is 36.7 Å². The molecule has 2 aromatic rings. The molecule has 0 spiro atoms. The van der Waals surface area contributed by atoms with Crippen LogP contribution < -0.4 is 5.32 Å². The van der Waals surface area contributed by atoms with Gasteiger partial charge in [0.2, 0.25) is 5.91 Å². The topological polar surface area (TPSA) is 72.5 Å². The van der Waals surface area contributed by atoms with Gasteiger partial charge in [0.05, 0.1) is 5.75 Å². The number of Topliss-reactive ketones (excluding diaryl/α,β-unsaturated/α-hetero) is 1. The molecule has 0 radical (unpaired) electrons. The molecule has 0 fully saturated rings. The molecule has 0 bridgehead atoms. The van der Waals surface area contributed by atoms with E-state index >= 15 is 0 Å². The van der Waals surface area contributed by atoms with Crippen molar-refractivity contribution in [3.8, 4) is 0 Å². The summed E-state index contributed by atoms with van der Waals surface area (Å²) in [7, 11) is 0. The molecule has 0 aromatic heterocycles. The van der Waals surface area contributed by atoms with E-state index in [1.807, 2.05) is 52.0 Å². The molecule has 2 aromatic carbocycles. The van der Waals surface area contributed by atoms with E-state index in [4.69, 9.17) is 4.74 Å². The molecule has 6 heteroatoms. The highest BCUT2D eigenvalue weighted by atomic mass is 32.2. The summed E-state index contributed by atoms with van der Waals surface area (Å²) in [5, 5.41) is 2.80. The minimum absolute atomic E-state index is 0.105. The molecule has 1 N–H and O–H groups in total. The van der Waals surface area contributed by atoms with Crippen LogP contribution in [0.15, 0.2) is 53.4 Å². The number of rotatable bonds is 7. The van der Waals surface area contributed by atoms with Gasteiger partial charge in [0.25, 0.3) is 0 Å². The number of thioether (sulfide) groups is 1. The number of amides is 1. The van der Waals surface area contributed by atoms with Crippen molar-refractivity contribution in [3.05, 3.63) is 59.7 Å². The molecule has 0 saturated heterocycles. The first-order valence-corrected chi connectivity index (χ1v) is 9.94. The van der Waals surface area contributed by atoms with Crippen LogP contribution in [0, 0.1) is 12.3 Å². The predicted octanol–water partition coefficient (Wildman–Crippen LogP) is 4.50. The van der Waals surface area contributed by atoms with Crippen molar-refractivity contribution in [2.75, 3.05) is 17.7 Å². The van der Waals surface area contributed by atoms with Gasteiger partial charge in [0, 0.05) is 21.6 Å². The summed E-state index contributed by atoms with van der Waals surface area (Å²) in [4.78, 5) is 37.1. The van der Waals surface area contributed by atoms with Crippen LogP contribution in [-0.4, -0.2) is 30.0 Å². The lowest BCUT2D eigenvalue weighted by molar-refractivity contribution is -0.139. The van der Waals surface area contributed by atoms with Gasteiger partial charge < -0.3 is 10.1 Å². The van der Waals surface area contributed by atoms with E-state index in [1.165, 1.54) is 11.8 Å². The average Bonchev–Trinajstić information content (AvgIpc) is 2.65. The van der Waals surface area contributed by atoms with Crippen molar-refractivity contribution in [2.24, 2.45) is 5.41 Å². The van der Waals surface area contributed by atoms with E-state index in [-0.39, 0.29) is 24.1 Å². The molecule has 1 amide bonds. The van der Waals surface area contributed by atoms with Crippen molar-refractivity contribution in [1.82, 2.24) is 0 Å². The van der Waals surface area contributed by atoms with Crippen molar-refractivity contribution in [2.45, 2.75) is 32.6 Å². The van der Waals surface area contributed by atoms with Gasteiger partial charge in [0.15, 0.2) is 12.4 Å². The molecule has 5 nitrogen and oxygen atoms in total. The second kappa shape index (κ2) is 9.55. The maximum atomic E-state index is 12.2. The molecule has 0 aliphatic heterocycles. The lowest BCUT2D eigenvalue weighted by atomic mass is 9.95. The predicted molar refractivity (Wildman–Crippen MR) is 112 cm³/mol. The third-order valence-corrected chi connectivity index (χ3v) is 5.10. The maximum absolute atomic E-state index is 12.2. The molecule has 0 heterocycles. The highest BCUT2D eigenvalue weighted by Crippen LogP contribution is 2.22. The molecule has 2 rings (SSSR count). The van der Waals surface area contributed by atoms with Crippen LogP contribution >= 0.6 is 11.8 Å². The average molecular weight is 400 g/mol. The Kier molecular flexibility index (Phi) is 7.40. The van der Waals surface area contributed by atoms with Gasteiger partial charge in [0.1, 0.15) is 0 Å². The Labute approximate surface area is 169 Å². The Morgan fingerprint density at radius 3 is 2.25 bits per heavy atom. The summed E-state index contributed by atoms with van der Waals surface area (Å²) in [6.45, 7) is 7.15. The van der Waals surface area contributed by atoms with E-state index in [9.17, 15) is 14.4 Å². The van der Waals surface area contributed by atoms with Crippen molar-refractivity contribution < 1.29 is 19.1 Å². The van der Waals surface area contributed by atoms with Crippen LogP contribution in [0.2, 0.25) is 0 Å². The van der Waals surface area contributed by atoms with Crippen molar-refractivity contribution in [3.63, 3.8) is 0 Å². The Bertz CT molecular complexity index is 854. The molecule has 148 valence electrons. The maximum Gasteiger partial charge on any atom is 0.316 e. The number of ether oxygens (including phenoxy) is 1. The highest BCUT2D eigenvalue weighted by Gasteiger charge is 2.21. The number of carbonyl (C=O) groups excluding carboxylic acids is 3. The zero-order valence-corrected chi connectivity index (χ0v) is 17.4. The molecule has 28 heavy (non-hydrogen) atoms. The fourth-order valence-electron chi connectivity index (χ4n) is 2.18. The first-order valence-electron chi connectivity index (χ1n) is 8.95. The van der Waals surface area contributed by atoms with Gasteiger partial charge in [-0.05, 0) is 42.8 Å². The summed E-state index contributed by atoms with van der Waals surface area (Å²) < 4.78 is 5.08. The van der Waals surface area contributed by atoms with Crippen LogP contribution in [0.25, 0.3) is 0 Å². The van der Waals surface area contributed by atoms with E-state index in [2.05, 4.69) is 5.32 Å². The van der Waals surface area contributed by atoms with Crippen LogP contribution in [-0.2, 0) is 14.3 Å². The monoisotopic (exact) mass is 399 g/mol. The van der Waals surface area contributed by atoms with Gasteiger partial charge in [-0.15, -0.1) is 11.8 Å². The summed E-state index contributed by atoms with van der Waals surface area (Å²) in [6, 6.07) is 14.3. The van der Waals surface area contributed by atoms with Crippen molar-refractivity contribution in [1.29, 1.82) is 0 Å². The zero-order chi connectivity index (χ0) is 20.7. The van der Waals surface area contributed by atoms with Crippen LogP contribution in [0.4, 0.5) is 5.69 Å². The number of nitrogens with one attached hydrogen (secondary N) is 1. The highest BCUT2D eigenvalue weighted by molar-refractivity contribution is 8.00. The lowest BCUT2D eigenvalue weighted by Gasteiger charge is -2.17. The minimum Gasteiger partial charge on any atom is -0.457 e. The van der Waals surface area contributed by atoms with Gasteiger partial charge in [-0.1, -0.05) is 39.0 Å². The number of benzene rings is 2. The van der Waals surface area contributed by atoms with Gasteiger partial charge in [-0.2, -0.15) is 0 Å². The molecule has 0 aliphatic carbocycles. The van der Waals surface area contributed by atoms with Crippen LogP contribution in [0.3, 0.4) is 0 Å². The van der Waals surface area contributed by atoms with E-state index in [1.54, 1.807) is 24.3 Å². The quantitative estimate of drug-likeness (QED) is 0.422. The number of anilines is 1. The summed E-state index contributed by atoms with van der Waals surface area (Å²) in [5.74, 6) is -0.680. The fourth-order valence-corrected chi connectivity index (χ4v) is 3.01. The minimum atomic E-state index is -0.501. The SMILES string of the molecule is Cc1ccccc1SCC(=O)OCC(=O)c1ccc(NC(=O)C(C)(C)C)cc1. The van der Waals surface area contributed by atoms with Gasteiger partial charge >= 0.3 is 5.97 Å². The summed E-state index contributed by atoms with van der Waals surface area (Å²) in [6.07, 6.45) is 0. The lowest BCUT2D eigenvalue weighted by Crippen LogP contribution is -2.27. The third kappa shape index (κ3) is 6.53. The molecule has 0 unspecified atom stereocenters. The summed E-state index contributed by atoms with van der Waals surface area (Å²) >= 11 is 1.39. The number of hydrogen-bond acceptors (Lipinski definition) is 5. The number of aryl methyl sites for hydroxylation is 1. The first kappa shape index (κ1) is 21.7. The second-order valence-corrected chi connectivity index (χ2v) is 8.44.